The minimum absolute atomic E-state index is 0.249. The van der Waals surface area contributed by atoms with Gasteiger partial charge in [-0.2, -0.15) is 0 Å². The van der Waals surface area contributed by atoms with Crippen LogP contribution >= 0.6 is 0 Å². The van der Waals surface area contributed by atoms with E-state index in [-0.39, 0.29) is 6.42 Å². The van der Waals surface area contributed by atoms with Gasteiger partial charge in [0.05, 0.1) is 12.0 Å². The van der Waals surface area contributed by atoms with Crippen molar-refractivity contribution in [3.63, 3.8) is 0 Å². The van der Waals surface area contributed by atoms with E-state index >= 15 is 0 Å². The molecule has 0 spiro atoms. The summed E-state index contributed by atoms with van der Waals surface area (Å²) in [6, 6.07) is 5.62. The predicted octanol–water partition coefficient (Wildman–Crippen LogP) is 3.89. The van der Waals surface area contributed by atoms with Crippen LogP contribution in [-0.2, 0) is 19.8 Å². The monoisotopic (exact) mass is 339 g/mol. The quantitative estimate of drug-likeness (QED) is 0.667. The molecule has 1 aromatic carbocycles. The number of ether oxygens (including phenoxy) is 2. The van der Waals surface area contributed by atoms with E-state index in [4.69, 9.17) is 15.2 Å². The van der Waals surface area contributed by atoms with E-state index < -0.39 is 34.5 Å². The van der Waals surface area contributed by atoms with Gasteiger partial charge in [0.15, 0.2) is 0 Å². The number of esters is 1. The fraction of sp³-hybridized carbons (Fsp3) is 0.556. The minimum atomic E-state index is -1.14. The predicted molar refractivity (Wildman–Crippen MR) is 88.7 cm³/mol. The lowest BCUT2D eigenvalue weighted by Gasteiger charge is -2.41. The Balaban J connectivity index is 2.97. The zero-order valence-corrected chi connectivity index (χ0v) is 15.1. The first-order valence-electron chi connectivity index (χ1n) is 7.73. The molecule has 24 heavy (non-hydrogen) atoms. The van der Waals surface area contributed by atoms with Crippen LogP contribution in [-0.4, -0.2) is 17.7 Å². The van der Waals surface area contributed by atoms with Crippen molar-refractivity contribution in [1.82, 2.24) is 0 Å². The van der Waals surface area contributed by atoms with Crippen LogP contribution < -0.4 is 5.73 Å². The smallest absolute Gasteiger partial charge is 0.428 e. The van der Waals surface area contributed by atoms with Gasteiger partial charge in [0.25, 0.3) is 0 Å². The molecule has 134 valence electrons. The summed E-state index contributed by atoms with van der Waals surface area (Å²) in [6.07, 6.45) is -1.32. The molecule has 0 radical (unpaired) electrons. The van der Waals surface area contributed by atoms with Gasteiger partial charge in [0.2, 0.25) is 0 Å². The number of benzene rings is 1. The second-order valence-electron chi connectivity index (χ2n) is 7.84. The van der Waals surface area contributed by atoms with Gasteiger partial charge >= 0.3 is 12.1 Å². The molecule has 0 aliphatic heterocycles. The number of nitrogens with two attached hydrogens (primary N) is 1. The Kier molecular flexibility index (Phi) is 5.77. The van der Waals surface area contributed by atoms with E-state index in [9.17, 15) is 14.0 Å². The second kappa shape index (κ2) is 6.89. The van der Waals surface area contributed by atoms with Crippen LogP contribution in [0.15, 0.2) is 24.3 Å². The number of rotatable bonds is 3. The Morgan fingerprint density at radius 3 is 1.96 bits per heavy atom. The van der Waals surface area contributed by atoms with Crippen molar-refractivity contribution in [2.75, 3.05) is 0 Å². The van der Waals surface area contributed by atoms with Crippen LogP contribution in [0.2, 0.25) is 0 Å². The summed E-state index contributed by atoms with van der Waals surface area (Å²) in [4.78, 5) is 23.8. The molecule has 6 heteroatoms. The van der Waals surface area contributed by atoms with Gasteiger partial charge in [-0.05, 0) is 43.9 Å². The highest BCUT2D eigenvalue weighted by atomic mass is 19.1. The Morgan fingerprint density at radius 1 is 1.04 bits per heavy atom. The second-order valence-corrected chi connectivity index (χ2v) is 7.84. The molecular weight excluding hydrogens is 313 g/mol. The summed E-state index contributed by atoms with van der Waals surface area (Å²) in [6.45, 7) is 10.6. The highest BCUT2D eigenvalue weighted by Gasteiger charge is 2.42. The van der Waals surface area contributed by atoms with Crippen molar-refractivity contribution in [3.8, 4) is 0 Å². The minimum Gasteiger partial charge on any atom is -0.428 e. The molecule has 0 amide bonds. The van der Waals surface area contributed by atoms with Gasteiger partial charge in [0.1, 0.15) is 11.4 Å². The van der Waals surface area contributed by atoms with E-state index in [0.29, 0.717) is 5.56 Å². The number of carbonyl (C=O) groups is 2. The third-order valence-electron chi connectivity index (χ3n) is 3.71. The van der Waals surface area contributed by atoms with Crippen LogP contribution in [0.5, 0.6) is 0 Å². The normalized spacial score (nSPS) is 14.7. The summed E-state index contributed by atoms with van der Waals surface area (Å²) < 4.78 is 22.8. The van der Waals surface area contributed by atoms with Gasteiger partial charge in [-0.3, -0.25) is 4.79 Å². The highest BCUT2D eigenvalue weighted by molar-refractivity contribution is 5.83. The van der Waals surface area contributed by atoms with E-state index in [1.165, 1.54) is 24.3 Å². The lowest BCUT2D eigenvalue weighted by molar-refractivity contribution is -0.144. The third kappa shape index (κ3) is 5.30. The van der Waals surface area contributed by atoms with Crippen molar-refractivity contribution >= 4 is 12.1 Å². The lowest BCUT2D eigenvalue weighted by atomic mass is 9.68. The zero-order chi connectivity index (χ0) is 18.8. The molecule has 0 saturated carbocycles. The number of carbonyl (C=O) groups excluding carboxylic acids is 2. The lowest BCUT2D eigenvalue weighted by Crippen LogP contribution is -2.50. The van der Waals surface area contributed by atoms with Crippen molar-refractivity contribution in [2.45, 2.75) is 59.1 Å². The standard InChI is InChI=1S/C18H26FNO4/c1-16(2,3)18(20,12-7-9-13(19)10-8-12)11-14(21)23-15(22)24-17(4,5)6/h7-10H,11,20H2,1-6H3/t18-/m1/s1. The van der Waals surface area contributed by atoms with E-state index in [2.05, 4.69) is 0 Å². The van der Waals surface area contributed by atoms with Crippen LogP contribution in [0.25, 0.3) is 0 Å². The SMILES string of the molecule is CC(C)(C)OC(=O)OC(=O)C[C@@](N)(c1ccc(F)cc1)C(C)(C)C. The van der Waals surface area contributed by atoms with Crippen molar-refractivity contribution < 1.29 is 23.5 Å². The molecule has 1 aromatic rings. The molecule has 0 aliphatic carbocycles. The first-order chi connectivity index (χ1) is 10.7. The van der Waals surface area contributed by atoms with Crippen LogP contribution in [0.3, 0.4) is 0 Å². The van der Waals surface area contributed by atoms with Crippen LogP contribution in [0, 0.1) is 11.2 Å². The largest absolute Gasteiger partial charge is 0.516 e. The van der Waals surface area contributed by atoms with E-state index in [1.807, 2.05) is 20.8 Å². The van der Waals surface area contributed by atoms with Gasteiger partial charge < -0.3 is 15.2 Å². The van der Waals surface area contributed by atoms with Gasteiger partial charge in [-0.15, -0.1) is 0 Å². The summed E-state index contributed by atoms with van der Waals surface area (Å²) in [7, 11) is 0. The van der Waals surface area contributed by atoms with Gasteiger partial charge in [-0.25, -0.2) is 9.18 Å². The third-order valence-corrected chi connectivity index (χ3v) is 3.71. The Bertz CT molecular complexity index is 599. The number of hydrogen-bond acceptors (Lipinski definition) is 5. The molecule has 0 bridgehead atoms. The van der Waals surface area contributed by atoms with Crippen LogP contribution in [0.4, 0.5) is 9.18 Å². The molecule has 0 saturated heterocycles. The average Bonchev–Trinajstić information content (AvgIpc) is 2.34. The highest BCUT2D eigenvalue weighted by Crippen LogP contribution is 2.40. The molecule has 0 aromatic heterocycles. The molecule has 2 N–H and O–H groups in total. The topological polar surface area (TPSA) is 78.6 Å². The molecular formula is C18H26FNO4. The maximum Gasteiger partial charge on any atom is 0.516 e. The molecule has 0 aliphatic rings. The summed E-state index contributed by atoms with van der Waals surface area (Å²) in [5, 5.41) is 0. The Hall–Kier alpha value is -1.95. The van der Waals surface area contributed by atoms with Crippen molar-refractivity contribution in [3.05, 3.63) is 35.6 Å². The fourth-order valence-electron chi connectivity index (χ4n) is 2.18. The Labute approximate surface area is 142 Å². The first-order valence-corrected chi connectivity index (χ1v) is 7.73. The first kappa shape index (κ1) is 20.1. The fourth-order valence-corrected chi connectivity index (χ4v) is 2.18. The molecule has 0 fully saturated rings. The zero-order valence-electron chi connectivity index (χ0n) is 15.1. The van der Waals surface area contributed by atoms with Gasteiger partial charge in [0, 0.05) is 0 Å². The summed E-state index contributed by atoms with van der Waals surface area (Å²) >= 11 is 0. The van der Waals surface area contributed by atoms with Gasteiger partial charge in [-0.1, -0.05) is 32.9 Å². The average molecular weight is 339 g/mol. The molecule has 0 unspecified atom stereocenters. The summed E-state index contributed by atoms with van der Waals surface area (Å²) in [5.74, 6) is -1.20. The molecule has 1 atom stereocenters. The molecule has 1 rings (SSSR count). The molecule has 0 heterocycles. The number of halogens is 1. The maximum absolute atomic E-state index is 13.2. The van der Waals surface area contributed by atoms with Crippen LogP contribution in [0.1, 0.15) is 53.5 Å². The van der Waals surface area contributed by atoms with Crippen molar-refractivity contribution in [1.29, 1.82) is 0 Å². The Morgan fingerprint density at radius 2 is 1.54 bits per heavy atom. The molecule has 5 nitrogen and oxygen atoms in total. The van der Waals surface area contributed by atoms with E-state index in [0.717, 1.165) is 0 Å². The van der Waals surface area contributed by atoms with E-state index in [1.54, 1.807) is 20.8 Å². The maximum atomic E-state index is 13.2. The summed E-state index contributed by atoms with van der Waals surface area (Å²) in [5.41, 5.74) is 4.61. The van der Waals surface area contributed by atoms with Crippen molar-refractivity contribution in [2.24, 2.45) is 11.1 Å². The number of hydrogen-bond donors (Lipinski definition) is 1.